The Bertz CT molecular complexity index is 615. The molecule has 1 heterocycles. The van der Waals surface area contributed by atoms with Gasteiger partial charge in [-0.1, -0.05) is 12.1 Å². The van der Waals surface area contributed by atoms with Crippen LogP contribution in [0.1, 0.15) is 23.6 Å². The number of carbonyl (C=O) groups is 1. The topological polar surface area (TPSA) is 53.7 Å². The first-order valence-corrected chi connectivity index (χ1v) is 6.93. The maximum absolute atomic E-state index is 12.2. The number of carbonyl (C=O) groups excluding carboxylic acids is 1. The Morgan fingerprint density at radius 2 is 2.10 bits per heavy atom. The van der Waals surface area contributed by atoms with Crippen molar-refractivity contribution in [3.63, 3.8) is 0 Å². The Kier molecular flexibility index (Phi) is 4.45. The predicted molar refractivity (Wildman–Crippen MR) is 78.7 cm³/mol. The third-order valence-corrected chi connectivity index (χ3v) is 3.79. The monoisotopic (exact) mass is 275 g/mol. The first-order chi connectivity index (χ1) is 9.58. The largest absolute Gasteiger partial charge is 0.464 e. The fourth-order valence-electron chi connectivity index (χ4n) is 2.38. The van der Waals surface area contributed by atoms with Gasteiger partial charge in [0.2, 0.25) is 5.91 Å². The summed E-state index contributed by atoms with van der Waals surface area (Å²) >= 11 is 0. The molecule has 0 aliphatic rings. The molecule has 0 spiro atoms. The highest BCUT2D eigenvalue weighted by molar-refractivity contribution is 5.89. The Balaban J connectivity index is 2.26. The van der Waals surface area contributed by atoms with Gasteiger partial charge >= 0.3 is 0 Å². The predicted octanol–water partition coefficient (Wildman–Crippen LogP) is 2.43. The van der Waals surface area contributed by atoms with Gasteiger partial charge in [0.15, 0.2) is 0 Å². The van der Waals surface area contributed by atoms with Crippen LogP contribution in [0.4, 0.5) is 0 Å². The lowest BCUT2D eigenvalue weighted by molar-refractivity contribution is -0.130. The first kappa shape index (κ1) is 14.6. The number of aliphatic hydroxyl groups excluding tert-OH is 1. The highest BCUT2D eigenvalue weighted by atomic mass is 16.3. The van der Waals surface area contributed by atoms with E-state index in [1.54, 1.807) is 11.2 Å². The summed E-state index contributed by atoms with van der Waals surface area (Å²) in [4.78, 5) is 13.9. The summed E-state index contributed by atoms with van der Waals surface area (Å²) in [5.41, 5.74) is 4.06. The minimum atomic E-state index is -0.00990. The van der Waals surface area contributed by atoms with Crippen LogP contribution in [0.3, 0.4) is 0 Å². The molecular formula is C16H21NO3. The number of furan rings is 1. The second-order valence-corrected chi connectivity index (χ2v) is 5.02. The average molecular weight is 275 g/mol. The summed E-state index contributed by atoms with van der Waals surface area (Å²) in [5, 5.41) is 9.97. The van der Waals surface area contributed by atoms with Crippen molar-refractivity contribution in [3.05, 3.63) is 35.1 Å². The van der Waals surface area contributed by atoms with Crippen LogP contribution in [-0.2, 0) is 11.2 Å². The summed E-state index contributed by atoms with van der Waals surface area (Å²) in [6.07, 6.45) is 1.98. The fourth-order valence-corrected chi connectivity index (χ4v) is 2.38. The number of aryl methyl sites for hydroxylation is 2. The van der Waals surface area contributed by atoms with Gasteiger partial charge in [-0.3, -0.25) is 4.79 Å². The lowest BCUT2D eigenvalue weighted by atomic mass is 10.0. The maximum Gasteiger partial charge on any atom is 0.227 e. The number of likely N-dealkylation sites (N-methyl/N-ethyl adjacent to an activating group) is 1. The number of aliphatic hydroxyl groups is 1. The second-order valence-electron chi connectivity index (χ2n) is 5.02. The quantitative estimate of drug-likeness (QED) is 0.911. The van der Waals surface area contributed by atoms with Crippen molar-refractivity contribution in [2.75, 3.05) is 19.7 Å². The van der Waals surface area contributed by atoms with E-state index in [0.29, 0.717) is 19.5 Å². The third-order valence-electron chi connectivity index (χ3n) is 3.79. The number of rotatable bonds is 5. The molecule has 0 saturated heterocycles. The highest BCUT2D eigenvalue weighted by Gasteiger charge is 2.16. The fraction of sp³-hybridized carbons (Fsp3) is 0.438. The van der Waals surface area contributed by atoms with Crippen molar-refractivity contribution in [1.29, 1.82) is 0 Å². The van der Waals surface area contributed by atoms with Gasteiger partial charge in [-0.15, -0.1) is 0 Å². The lowest BCUT2D eigenvalue weighted by Crippen LogP contribution is -2.34. The summed E-state index contributed by atoms with van der Waals surface area (Å²) in [6.45, 7) is 6.95. The van der Waals surface area contributed by atoms with Gasteiger partial charge in [-0.25, -0.2) is 0 Å². The van der Waals surface area contributed by atoms with Gasteiger partial charge in [0.25, 0.3) is 0 Å². The summed E-state index contributed by atoms with van der Waals surface area (Å²) in [6, 6.07) is 4.05. The Labute approximate surface area is 119 Å². The molecule has 2 rings (SSSR count). The van der Waals surface area contributed by atoms with E-state index in [4.69, 9.17) is 9.52 Å². The maximum atomic E-state index is 12.2. The minimum Gasteiger partial charge on any atom is -0.464 e. The number of nitrogens with zero attached hydrogens (tertiary/aromatic N) is 1. The van der Waals surface area contributed by atoms with E-state index in [1.165, 1.54) is 5.56 Å². The molecule has 1 aromatic heterocycles. The normalized spacial score (nSPS) is 11.0. The van der Waals surface area contributed by atoms with Gasteiger partial charge in [0.1, 0.15) is 5.58 Å². The Hall–Kier alpha value is -1.81. The number of amides is 1. The molecule has 1 N–H and O–H groups in total. The number of benzene rings is 1. The molecule has 0 unspecified atom stereocenters. The average Bonchev–Trinajstić information content (AvgIpc) is 2.84. The van der Waals surface area contributed by atoms with Gasteiger partial charge in [-0.2, -0.15) is 0 Å². The van der Waals surface area contributed by atoms with E-state index in [0.717, 1.165) is 22.1 Å². The van der Waals surface area contributed by atoms with E-state index >= 15 is 0 Å². The zero-order valence-electron chi connectivity index (χ0n) is 12.3. The molecule has 0 fully saturated rings. The van der Waals surface area contributed by atoms with Crippen LogP contribution >= 0.6 is 0 Å². The molecule has 1 amide bonds. The summed E-state index contributed by atoms with van der Waals surface area (Å²) in [7, 11) is 0. The SMILES string of the molecule is CCN(CCO)C(=O)Cc1coc2c(C)c(C)ccc12. The number of hydrogen-bond acceptors (Lipinski definition) is 3. The molecule has 108 valence electrons. The standard InChI is InChI=1S/C16H21NO3/c1-4-17(7-8-18)15(19)9-13-10-20-16-12(3)11(2)5-6-14(13)16/h5-6,10,18H,4,7-9H2,1-3H3. The summed E-state index contributed by atoms with van der Waals surface area (Å²) < 4.78 is 5.61. The van der Waals surface area contributed by atoms with Crippen LogP contribution < -0.4 is 0 Å². The van der Waals surface area contributed by atoms with Crippen LogP contribution in [0.2, 0.25) is 0 Å². The van der Waals surface area contributed by atoms with Crippen molar-refractivity contribution in [2.45, 2.75) is 27.2 Å². The second kappa shape index (κ2) is 6.09. The molecule has 4 heteroatoms. The van der Waals surface area contributed by atoms with E-state index in [-0.39, 0.29) is 12.5 Å². The Morgan fingerprint density at radius 1 is 1.35 bits per heavy atom. The van der Waals surface area contributed by atoms with Crippen LogP contribution in [-0.4, -0.2) is 35.6 Å². The molecule has 0 aliphatic heterocycles. The van der Waals surface area contributed by atoms with Crippen LogP contribution in [0, 0.1) is 13.8 Å². The van der Waals surface area contributed by atoms with E-state index < -0.39 is 0 Å². The zero-order valence-corrected chi connectivity index (χ0v) is 12.3. The van der Waals surface area contributed by atoms with Crippen LogP contribution in [0.5, 0.6) is 0 Å². The molecule has 0 radical (unpaired) electrons. The lowest BCUT2D eigenvalue weighted by Gasteiger charge is -2.19. The third kappa shape index (κ3) is 2.70. The van der Waals surface area contributed by atoms with E-state index in [9.17, 15) is 4.79 Å². The van der Waals surface area contributed by atoms with Gasteiger partial charge in [0, 0.05) is 24.0 Å². The van der Waals surface area contributed by atoms with Gasteiger partial charge < -0.3 is 14.4 Å². The zero-order chi connectivity index (χ0) is 14.7. The first-order valence-electron chi connectivity index (χ1n) is 6.93. The molecular weight excluding hydrogens is 254 g/mol. The summed E-state index contributed by atoms with van der Waals surface area (Å²) in [5.74, 6) is 0.0162. The van der Waals surface area contributed by atoms with Crippen LogP contribution in [0.15, 0.2) is 22.8 Å². The molecule has 1 aromatic carbocycles. The molecule has 2 aromatic rings. The molecule has 0 saturated carbocycles. The van der Waals surface area contributed by atoms with E-state index in [1.807, 2.05) is 32.9 Å². The van der Waals surface area contributed by atoms with Crippen molar-refractivity contribution >= 4 is 16.9 Å². The van der Waals surface area contributed by atoms with Crippen molar-refractivity contribution in [1.82, 2.24) is 4.90 Å². The van der Waals surface area contributed by atoms with Gasteiger partial charge in [0.05, 0.1) is 19.3 Å². The smallest absolute Gasteiger partial charge is 0.227 e. The number of fused-ring (bicyclic) bond motifs is 1. The molecule has 0 aliphatic carbocycles. The van der Waals surface area contributed by atoms with Crippen molar-refractivity contribution < 1.29 is 14.3 Å². The highest BCUT2D eigenvalue weighted by Crippen LogP contribution is 2.27. The molecule has 0 atom stereocenters. The molecule has 0 bridgehead atoms. The van der Waals surface area contributed by atoms with Crippen molar-refractivity contribution in [2.24, 2.45) is 0 Å². The van der Waals surface area contributed by atoms with E-state index in [2.05, 4.69) is 0 Å². The Morgan fingerprint density at radius 3 is 2.75 bits per heavy atom. The van der Waals surface area contributed by atoms with Gasteiger partial charge in [-0.05, 0) is 31.9 Å². The minimum absolute atomic E-state index is 0.00990. The molecule has 4 nitrogen and oxygen atoms in total. The number of hydrogen-bond donors (Lipinski definition) is 1. The molecule has 20 heavy (non-hydrogen) atoms. The van der Waals surface area contributed by atoms with Crippen molar-refractivity contribution in [3.8, 4) is 0 Å². The van der Waals surface area contributed by atoms with Crippen LogP contribution in [0.25, 0.3) is 11.0 Å².